The summed E-state index contributed by atoms with van der Waals surface area (Å²) in [6, 6.07) is 13.0. The highest BCUT2D eigenvalue weighted by molar-refractivity contribution is 7.83. The van der Waals surface area contributed by atoms with Crippen molar-refractivity contribution in [2.45, 2.75) is 18.1 Å². The van der Waals surface area contributed by atoms with Gasteiger partial charge in [-0.15, -0.1) is 0 Å². The largest absolute Gasteiger partial charge is 0.392 e. The van der Waals surface area contributed by atoms with Crippen LogP contribution in [-0.4, -0.2) is 19.5 Å². The number of rotatable bonds is 6. The molecule has 1 unspecified atom stereocenters. The summed E-state index contributed by atoms with van der Waals surface area (Å²) < 4.78 is 30.2. The molecule has 0 amide bonds. The molecule has 0 bridgehead atoms. The van der Waals surface area contributed by atoms with Crippen LogP contribution in [0.1, 0.15) is 17.0 Å². The molecular weight excluding hydrogens is 331 g/mol. The van der Waals surface area contributed by atoms with Gasteiger partial charge in [0, 0.05) is 22.1 Å². The maximum Gasteiger partial charge on any atom is 0.239 e. The van der Waals surface area contributed by atoms with Crippen molar-refractivity contribution in [1.29, 1.82) is 0 Å². The molecule has 1 N–H and O–H groups in total. The fourth-order valence-corrected chi connectivity index (χ4v) is 3.20. The van der Waals surface area contributed by atoms with E-state index in [1.807, 2.05) is 12.1 Å². The van der Waals surface area contributed by atoms with Gasteiger partial charge in [-0.1, -0.05) is 29.4 Å². The summed E-state index contributed by atoms with van der Waals surface area (Å²) >= 11 is 0. The summed E-state index contributed by atoms with van der Waals surface area (Å²) in [5.41, 5.74) is 2.35. The number of aliphatic hydroxyl groups is 1. The molecule has 0 spiro atoms. The minimum Gasteiger partial charge on any atom is -0.392 e. The molecule has 0 aliphatic rings. The van der Waals surface area contributed by atoms with Crippen molar-refractivity contribution in [2.24, 2.45) is 0 Å². The average molecular weight is 346 g/mol. The zero-order valence-corrected chi connectivity index (χ0v) is 13.5. The SMILES string of the molecule is O=S(Cc1ccc(CO)cc1)Cc1nc(-c2ccc(F)cc2)no1. The van der Waals surface area contributed by atoms with Gasteiger partial charge in [0.05, 0.1) is 6.61 Å². The summed E-state index contributed by atoms with van der Waals surface area (Å²) in [5, 5.41) is 12.8. The van der Waals surface area contributed by atoms with E-state index in [1.165, 1.54) is 12.1 Å². The summed E-state index contributed by atoms with van der Waals surface area (Å²) in [7, 11) is -1.20. The zero-order valence-electron chi connectivity index (χ0n) is 12.7. The first-order valence-electron chi connectivity index (χ1n) is 7.26. The van der Waals surface area contributed by atoms with Gasteiger partial charge in [-0.3, -0.25) is 4.21 Å². The number of hydrogen-bond acceptors (Lipinski definition) is 5. The lowest BCUT2D eigenvalue weighted by Crippen LogP contribution is -2.00. The third kappa shape index (κ3) is 4.12. The van der Waals surface area contributed by atoms with Crippen LogP contribution in [0.2, 0.25) is 0 Å². The Bertz CT molecular complexity index is 832. The van der Waals surface area contributed by atoms with Crippen molar-refractivity contribution in [3.8, 4) is 11.4 Å². The van der Waals surface area contributed by atoms with Crippen molar-refractivity contribution >= 4 is 10.8 Å². The Morgan fingerprint density at radius 1 is 1.00 bits per heavy atom. The number of benzene rings is 2. The van der Waals surface area contributed by atoms with Crippen LogP contribution < -0.4 is 0 Å². The van der Waals surface area contributed by atoms with Crippen LogP contribution in [0.25, 0.3) is 11.4 Å². The zero-order chi connectivity index (χ0) is 16.9. The van der Waals surface area contributed by atoms with Crippen LogP contribution in [0.5, 0.6) is 0 Å². The topological polar surface area (TPSA) is 76.2 Å². The molecule has 5 nitrogen and oxygen atoms in total. The van der Waals surface area contributed by atoms with E-state index in [-0.39, 0.29) is 24.1 Å². The number of aliphatic hydroxyl groups excluding tert-OH is 1. The Morgan fingerprint density at radius 3 is 2.33 bits per heavy atom. The Kier molecular flexibility index (Phi) is 5.12. The van der Waals surface area contributed by atoms with Crippen LogP contribution in [0.3, 0.4) is 0 Å². The molecule has 3 aromatic rings. The molecule has 1 atom stereocenters. The minimum atomic E-state index is -1.20. The van der Waals surface area contributed by atoms with E-state index in [2.05, 4.69) is 10.1 Å². The van der Waals surface area contributed by atoms with Crippen molar-refractivity contribution in [3.05, 3.63) is 71.4 Å². The molecule has 7 heteroatoms. The normalized spacial score (nSPS) is 12.2. The Labute approximate surface area is 140 Å². The van der Waals surface area contributed by atoms with E-state index in [4.69, 9.17) is 9.63 Å². The van der Waals surface area contributed by atoms with Gasteiger partial charge in [-0.05, 0) is 35.4 Å². The first kappa shape index (κ1) is 16.5. The lowest BCUT2D eigenvalue weighted by atomic mass is 10.2. The second kappa shape index (κ2) is 7.46. The standard InChI is InChI=1S/C17H15FN2O3S/c18-15-7-5-14(6-8-15)17-19-16(23-20-17)11-24(22)10-13-3-1-12(9-21)2-4-13/h1-8,21H,9-11H2. The maximum atomic E-state index is 12.9. The van der Waals surface area contributed by atoms with Gasteiger partial charge in [0.2, 0.25) is 11.7 Å². The summed E-state index contributed by atoms with van der Waals surface area (Å²) in [5.74, 6) is 0.792. The van der Waals surface area contributed by atoms with Crippen LogP contribution >= 0.6 is 0 Å². The number of hydrogen-bond donors (Lipinski definition) is 1. The van der Waals surface area contributed by atoms with E-state index >= 15 is 0 Å². The lowest BCUT2D eigenvalue weighted by molar-refractivity contribution is 0.282. The van der Waals surface area contributed by atoms with E-state index in [1.54, 1.807) is 24.3 Å². The van der Waals surface area contributed by atoms with E-state index in [0.29, 0.717) is 17.1 Å². The molecule has 0 saturated carbocycles. The predicted molar refractivity (Wildman–Crippen MR) is 87.6 cm³/mol. The van der Waals surface area contributed by atoms with E-state index < -0.39 is 10.8 Å². The summed E-state index contributed by atoms with van der Waals surface area (Å²) in [6.07, 6.45) is 0. The number of aromatic nitrogens is 2. The van der Waals surface area contributed by atoms with Gasteiger partial charge in [0.25, 0.3) is 0 Å². The van der Waals surface area contributed by atoms with Crippen LogP contribution in [0.4, 0.5) is 4.39 Å². The highest BCUT2D eigenvalue weighted by atomic mass is 32.2. The molecular formula is C17H15FN2O3S. The lowest BCUT2D eigenvalue weighted by Gasteiger charge is -2.01. The Hall–Kier alpha value is -2.38. The molecule has 0 aliphatic heterocycles. The highest BCUT2D eigenvalue weighted by Crippen LogP contribution is 2.17. The van der Waals surface area contributed by atoms with Gasteiger partial charge >= 0.3 is 0 Å². The second-order valence-electron chi connectivity index (χ2n) is 5.22. The highest BCUT2D eigenvalue weighted by Gasteiger charge is 2.12. The van der Waals surface area contributed by atoms with Gasteiger partial charge < -0.3 is 9.63 Å². The fraction of sp³-hybridized carbons (Fsp3) is 0.176. The molecule has 3 rings (SSSR count). The Balaban J connectivity index is 1.63. The molecule has 2 aromatic carbocycles. The van der Waals surface area contributed by atoms with Crippen LogP contribution in [0.15, 0.2) is 53.1 Å². The molecule has 124 valence electrons. The van der Waals surface area contributed by atoms with Gasteiger partial charge in [0.1, 0.15) is 11.6 Å². The van der Waals surface area contributed by atoms with Crippen molar-refractivity contribution in [1.82, 2.24) is 10.1 Å². The smallest absolute Gasteiger partial charge is 0.239 e. The fourth-order valence-electron chi connectivity index (χ4n) is 2.15. The minimum absolute atomic E-state index is 0.0164. The van der Waals surface area contributed by atoms with Crippen molar-refractivity contribution < 1.29 is 18.2 Å². The molecule has 0 radical (unpaired) electrons. The molecule has 1 heterocycles. The van der Waals surface area contributed by atoms with Gasteiger partial charge in [0.15, 0.2) is 0 Å². The maximum absolute atomic E-state index is 12.9. The first-order valence-corrected chi connectivity index (χ1v) is 8.75. The third-order valence-corrected chi connectivity index (χ3v) is 4.61. The quantitative estimate of drug-likeness (QED) is 0.743. The second-order valence-corrected chi connectivity index (χ2v) is 6.68. The molecule has 1 aromatic heterocycles. The van der Waals surface area contributed by atoms with Gasteiger partial charge in [-0.25, -0.2) is 4.39 Å². The van der Waals surface area contributed by atoms with E-state index in [0.717, 1.165) is 11.1 Å². The summed E-state index contributed by atoms with van der Waals surface area (Å²) in [6.45, 7) is -0.0164. The van der Waals surface area contributed by atoms with Gasteiger partial charge in [-0.2, -0.15) is 4.98 Å². The monoisotopic (exact) mass is 346 g/mol. The first-order chi connectivity index (χ1) is 11.6. The van der Waals surface area contributed by atoms with Crippen molar-refractivity contribution in [3.63, 3.8) is 0 Å². The van der Waals surface area contributed by atoms with E-state index in [9.17, 15) is 8.60 Å². The summed E-state index contributed by atoms with van der Waals surface area (Å²) in [4.78, 5) is 4.19. The van der Waals surface area contributed by atoms with Crippen LogP contribution in [0, 0.1) is 5.82 Å². The molecule has 0 aliphatic carbocycles. The van der Waals surface area contributed by atoms with Crippen molar-refractivity contribution in [2.75, 3.05) is 0 Å². The molecule has 24 heavy (non-hydrogen) atoms. The number of nitrogens with zero attached hydrogens (tertiary/aromatic N) is 2. The average Bonchev–Trinajstić information content (AvgIpc) is 3.04. The predicted octanol–water partition coefficient (Wildman–Crippen LogP) is 2.82. The molecule has 0 fully saturated rings. The van der Waals surface area contributed by atoms with Crippen LogP contribution in [-0.2, 0) is 28.9 Å². The number of halogens is 1. The third-order valence-electron chi connectivity index (χ3n) is 3.39. The molecule has 0 saturated heterocycles. The Morgan fingerprint density at radius 2 is 1.67 bits per heavy atom.